The van der Waals surface area contributed by atoms with Crippen molar-refractivity contribution in [2.75, 3.05) is 0 Å². The third-order valence-electron chi connectivity index (χ3n) is 2.55. The summed E-state index contributed by atoms with van der Waals surface area (Å²) in [7, 11) is -3.75. The van der Waals surface area contributed by atoms with Gasteiger partial charge in [-0.2, -0.15) is 0 Å². The maximum Gasteiger partial charge on any atom is 0.345 e. The van der Waals surface area contributed by atoms with Crippen molar-refractivity contribution in [3.63, 3.8) is 0 Å². The van der Waals surface area contributed by atoms with Crippen molar-refractivity contribution in [2.45, 2.75) is 24.3 Å². The first-order valence-corrected chi connectivity index (χ1v) is 8.92. The quantitative estimate of drug-likeness (QED) is 0.846. The van der Waals surface area contributed by atoms with Crippen molar-refractivity contribution >= 4 is 38.7 Å². The zero-order chi connectivity index (χ0) is 14.8. The SMILES string of the molecule is CCC(NS(=O)(=O)c1csc(C(=O)O)c1)c1nccs1. The van der Waals surface area contributed by atoms with Gasteiger partial charge in [-0.1, -0.05) is 6.92 Å². The summed E-state index contributed by atoms with van der Waals surface area (Å²) in [4.78, 5) is 14.9. The maximum atomic E-state index is 12.2. The van der Waals surface area contributed by atoms with Gasteiger partial charge in [0.15, 0.2) is 0 Å². The van der Waals surface area contributed by atoms with Crippen molar-refractivity contribution in [1.29, 1.82) is 0 Å². The summed E-state index contributed by atoms with van der Waals surface area (Å²) >= 11 is 2.26. The third-order valence-corrected chi connectivity index (χ3v) is 5.96. The molecule has 1 unspecified atom stereocenters. The van der Waals surface area contributed by atoms with Gasteiger partial charge in [-0.25, -0.2) is 22.9 Å². The number of thiazole rings is 1. The maximum absolute atomic E-state index is 12.2. The van der Waals surface area contributed by atoms with E-state index in [-0.39, 0.29) is 9.77 Å². The fourth-order valence-corrected chi connectivity index (χ4v) is 4.78. The molecule has 9 heteroatoms. The Morgan fingerprint density at radius 2 is 2.25 bits per heavy atom. The van der Waals surface area contributed by atoms with E-state index in [9.17, 15) is 13.2 Å². The van der Waals surface area contributed by atoms with Crippen LogP contribution in [0.1, 0.15) is 34.1 Å². The molecule has 2 rings (SSSR count). The standard InChI is InChI=1S/C11H12N2O4S3/c1-2-8(10-12-3-4-18-10)13-20(16,17)7-5-9(11(14)15)19-6-7/h3-6,8,13H,2H2,1H3,(H,14,15). The molecule has 0 saturated carbocycles. The third kappa shape index (κ3) is 3.23. The Labute approximate surface area is 124 Å². The highest BCUT2D eigenvalue weighted by molar-refractivity contribution is 7.89. The molecule has 2 aromatic heterocycles. The molecule has 20 heavy (non-hydrogen) atoms. The smallest absolute Gasteiger partial charge is 0.345 e. The van der Waals surface area contributed by atoms with Crippen molar-refractivity contribution in [3.8, 4) is 0 Å². The highest BCUT2D eigenvalue weighted by atomic mass is 32.2. The summed E-state index contributed by atoms with van der Waals surface area (Å²) in [6.45, 7) is 1.85. The minimum atomic E-state index is -3.75. The molecule has 0 bridgehead atoms. The van der Waals surface area contributed by atoms with E-state index in [1.54, 1.807) is 11.6 Å². The van der Waals surface area contributed by atoms with E-state index in [0.717, 1.165) is 17.4 Å². The summed E-state index contributed by atoms with van der Waals surface area (Å²) in [6, 6.07) is 0.748. The van der Waals surface area contributed by atoms with Gasteiger partial charge in [0.25, 0.3) is 0 Å². The number of nitrogens with one attached hydrogen (secondary N) is 1. The van der Waals surface area contributed by atoms with Gasteiger partial charge in [-0.15, -0.1) is 22.7 Å². The summed E-state index contributed by atoms with van der Waals surface area (Å²) in [5.74, 6) is -1.14. The highest BCUT2D eigenvalue weighted by Gasteiger charge is 2.23. The molecular formula is C11H12N2O4S3. The first-order valence-electron chi connectivity index (χ1n) is 5.67. The number of carboxylic acids is 1. The molecule has 0 spiro atoms. The lowest BCUT2D eigenvalue weighted by Crippen LogP contribution is -2.28. The highest BCUT2D eigenvalue weighted by Crippen LogP contribution is 2.24. The zero-order valence-electron chi connectivity index (χ0n) is 10.4. The average molecular weight is 332 g/mol. The number of hydrogen-bond donors (Lipinski definition) is 2. The van der Waals surface area contributed by atoms with E-state index in [4.69, 9.17) is 5.11 Å². The predicted octanol–water partition coefficient (Wildman–Crippen LogP) is 2.33. The molecule has 1 atom stereocenters. The number of rotatable bonds is 6. The molecule has 2 heterocycles. The Morgan fingerprint density at radius 3 is 2.75 bits per heavy atom. The van der Waals surface area contributed by atoms with Gasteiger partial charge in [0.05, 0.1) is 10.9 Å². The monoisotopic (exact) mass is 332 g/mol. The van der Waals surface area contributed by atoms with Crippen LogP contribution >= 0.6 is 22.7 Å². The minimum absolute atomic E-state index is 0.00679. The molecule has 0 aliphatic heterocycles. The normalized spacial score (nSPS) is 13.2. The van der Waals surface area contributed by atoms with Crippen LogP contribution in [-0.2, 0) is 10.0 Å². The number of nitrogens with zero attached hydrogens (tertiary/aromatic N) is 1. The number of aromatic carboxylic acids is 1. The van der Waals surface area contributed by atoms with E-state index < -0.39 is 22.0 Å². The van der Waals surface area contributed by atoms with Crippen LogP contribution in [0.15, 0.2) is 27.9 Å². The van der Waals surface area contributed by atoms with Crippen molar-refractivity contribution in [1.82, 2.24) is 9.71 Å². The molecule has 2 aromatic rings. The Bertz CT molecular complexity index is 691. The second-order valence-electron chi connectivity index (χ2n) is 3.90. The molecule has 6 nitrogen and oxygen atoms in total. The number of aromatic nitrogens is 1. The number of sulfonamides is 1. The first kappa shape index (κ1) is 15.1. The average Bonchev–Trinajstić information content (AvgIpc) is 3.06. The molecule has 0 aliphatic rings. The molecule has 0 saturated heterocycles. The van der Waals surface area contributed by atoms with Gasteiger partial charge in [-0.3, -0.25) is 0 Å². The molecule has 2 N–H and O–H groups in total. The van der Waals surface area contributed by atoms with Gasteiger partial charge in [0, 0.05) is 17.0 Å². The van der Waals surface area contributed by atoms with E-state index in [1.165, 1.54) is 16.7 Å². The zero-order valence-corrected chi connectivity index (χ0v) is 12.9. The first-order chi connectivity index (χ1) is 9.44. The number of hydrogen-bond acceptors (Lipinski definition) is 6. The van der Waals surface area contributed by atoms with Crippen LogP contribution in [0.3, 0.4) is 0 Å². The number of carboxylic acid groups (broad SMARTS) is 1. The van der Waals surface area contributed by atoms with Crippen LogP contribution in [0, 0.1) is 0 Å². The van der Waals surface area contributed by atoms with Gasteiger partial charge < -0.3 is 5.11 Å². The van der Waals surface area contributed by atoms with E-state index in [1.807, 2.05) is 6.92 Å². The van der Waals surface area contributed by atoms with Crippen molar-refractivity contribution in [2.24, 2.45) is 0 Å². The second kappa shape index (κ2) is 6.00. The lowest BCUT2D eigenvalue weighted by Gasteiger charge is -2.13. The Hall–Kier alpha value is -1.29. The van der Waals surface area contributed by atoms with E-state index in [2.05, 4.69) is 9.71 Å². The van der Waals surface area contributed by atoms with Crippen molar-refractivity contribution < 1.29 is 18.3 Å². The number of carbonyl (C=O) groups is 1. The molecule has 0 aliphatic carbocycles. The van der Waals surface area contributed by atoms with Gasteiger partial charge >= 0.3 is 5.97 Å². The fourth-order valence-electron chi connectivity index (χ4n) is 1.54. The van der Waals surface area contributed by atoms with E-state index in [0.29, 0.717) is 11.4 Å². The topological polar surface area (TPSA) is 96.4 Å². The Morgan fingerprint density at radius 1 is 1.50 bits per heavy atom. The number of thiophene rings is 1. The Kier molecular flexibility index (Phi) is 4.53. The summed E-state index contributed by atoms with van der Waals surface area (Å²) in [6.07, 6.45) is 2.17. The summed E-state index contributed by atoms with van der Waals surface area (Å²) in [5.41, 5.74) is 0. The molecule has 0 aromatic carbocycles. The van der Waals surface area contributed by atoms with Crippen LogP contribution in [-0.4, -0.2) is 24.5 Å². The lowest BCUT2D eigenvalue weighted by molar-refractivity contribution is 0.0702. The van der Waals surface area contributed by atoms with Crippen LogP contribution in [0.2, 0.25) is 0 Å². The van der Waals surface area contributed by atoms with Crippen molar-refractivity contribution in [3.05, 3.63) is 32.9 Å². The van der Waals surface area contributed by atoms with Crippen LogP contribution in [0.25, 0.3) is 0 Å². The van der Waals surface area contributed by atoms with Gasteiger partial charge in [-0.05, 0) is 12.5 Å². The summed E-state index contributed by atoms with van der Waals surface area (Å²) in [5, 5.41) is 12.6. The molecular weight excluding hydrogens is 320 g/mol. The molecule has 0 fully saturated rings. The Balaban J connectivity index is 2.23. The molecule has 0 radical (unpaired) electrons. The predicted molar refractivity (Wildman–Crippen MR) is 76.7 cm³/mol. The van der Waals surface area contributed by atoms with Gasteiger partial charge in [0.1, 0.15) is 9.88 Å². The lowest BCUT2D eigenvalue weighted by atomic mass is 10.3. The van der Waals surface area contributed by atoms with Crippen LogP contribution < -0.4 is 4.72 Å². The molecule has 108 valence electrons. The van der Waals surface area contributed by atoms with E-state index >= 15 is 0 Å². The van der Waals surface area contributed by atoms with Crippen LogP contribution in [0.4, 0.5) is 0 Å². The molecule has 0 amide bonds. The van der Waals surface area contributed by atoms with Crippen LogP contribution in [0.5, 0.6) is 0 Å². The summed E-state index contributed by atoms with van der Waals surface area (Å²) < 4.78 is 27.0. The fraction of sp³-hybridized carbons (Fsp3) is 0.273. The van der Waals surface area contributed by atoms with Gasteiger partial charge in [0.2, 0.25) is 10.0 Å². The second-order valence-corrected chi connectivity index (χ2v) is 7.46. The largest absolute Gasteiger partial charge is 0.477 e. The minimum Gasteiger partial charge on any atom is -0.477 e.